The standard InChI is InChI=1S/C28H27ClFNO5S/c1-2-8-19-17-22(36-21-9-4-3-5-10-21)12-14-24(19)34-15-6-7-16-35-25-13-11-20(18-23(25)29)28(30)26(32)31-27(33)37-28/h3-5,9-14,17-18H,2,6-8,15-16H2,1H3,(H,31,32,33). The van der Waals surface area contributed by atoms with E-state index in [9.17, 15) is 14.0 Å². The van der Waals surface area contributed by atoms with Crippen molar-refractivity contribution < 1.29 is 28.2 Å². The number of benzene rings is 3. The molecule has 9 heteroatoms. The highest BCUT2D eigenvalue weighted by atomic mass is 35.5. The van der Waals surface area contributed by atoms with E-state index < -0.39 is 16.1 Å². The second-order valence-electron chi connectivity index (χ2n) is 8.42. The van der Waals surface area contributed by atoms with Crippen LogP contribution in [0.3, 0.4) is 0 Å². The van der Waals surface area contributed by atoms with Gasteiger partial charge in [0, 0.05) is 5.56 Å². The van der Waals surface area contributed by atoms with Gasteiger partial charge in [-0.1, -0.05) is 49.2 Å². The van der Waals surface area contributed by atoms with E-state index in [1.807, 2.05) is 53.8 Å². The van der Waals surface area contributed by atoms with Crippen LogP contribution in [0, 0.1) is 0 Å². The molecule has 194 valence electrons. The first-order chi connectivity index (χ1) is 17.9. The fourth-order valence-corrected chi connectivity index (χ4v) is 4.82. The Morgan fingerprint density at radius 1 is 0.919 bits per heavy atom. The Morgan fingerprint density at radius 2 is 1.62 bits per heavy atom. The summed E-state index contributed by atoms with van der Waals surface area (Å²) in [6.45, 7) is 3.04. The highest BCUT2D eigenvalue weighted by molar-refractivity contribution is 8.15. The van der Waals surface area contributed by atoms with Crippen LogP contribution in [0.25, 0.3) is 0 Å². The van der Waals surface area contributed by atoms with E-state index in [0.29, 0.717) is 19.0 Å². The lowest BCUT2D eigenvalue weighted by molar-refractivity contribution is -0.126. The molecule has 1 heterocycles. The molecule has 0 saturated carbocycles. The Hall–Kier alpha value is -3.23. The van der Waals surface area contributed by atoms with E-state index >= 15 is 0 Å². The van der Waals surface area contributed by atoms with Crippen molar-refractivity contribution in [3.05, 3.63) is 82.9 Å². The summed E-state index contributed by atoms with van der Waals surface area (Å²) >= 11 is 6.52. The van der Waals surface area contributed by atoms with Gasteiger partial charge in [0.2, 0.25) is 0 Å². The van der Waals surface area contributed by atoms with Gasteiger partial charge in [-0.3, -0.25) is 14.9 Å². The molecule has 0 radical (unpaired) electrons. The number of hydrogen-bond acceptors (Lipinski definition) is 6. The van der Waals surface area contributed by atoms with Crippen LogP contribution in [0.1, 0.15) is 37.3 Å². The lowest BCUT2D eigenvalue weighted by Crippen LogP contribution is -2.30. The first kappa shape index (κ1) is 26.8. The van der Waals surface area contributed by atoms with E-state index in [1.54, 1.807) is 0 Å². The summed E-state index contributed by atoms with van der Waals surface area (Å²) in [6.07, 6.45) is 3.35. The molecule has 2 amide bonds. The van der Waals surface area contributed by atoms with Crippen LogP contribution in [0.15, 0.2) is 66.7 Å². The minimum Gasteiger partial charge on any atom is -0.493 e. The molecule has 37 heavy (non-hydrogen) atoms. The number of thioether (sulfide) groups is 1. The summed E-state index contributed by atoms with van der Waals surface area (Å²) in [4.78, 5) is 23.2. The average Bonchev–Trinajstić information content (AvgIpc) is 3.15. The molecule has 1 fully saturated rings. The molecule has 1 aliphatic rings. The number of imide groups is 1. The summed E-state index contributed by atoms with van der Waals surface area (Å²) in [6, 6.07) is 19.7. The summed E-state index contributed by atoms with van der Waals surface area (Å²) < 4.78 is 32.6. The number of amides is 2. The van der Waals surface area contributed by atoms with Gasteiger partial charge in [-0.25, -0.2) is 4.39 Å². The minimum absolute atomic E-state index is 0.00493. The van der Waals surface area contributed by atoms with Gasteiger partial charge in [0.1, 0.15) is 23.0 Å². The number of hydrogen-bond donors (Lipinski definition) is 1. The Morgan fingerprint density at radius 3 is 2.27 bits per heavy atom. The molecule has 3 aromatic rings. The van der Waals surface area contributed by atoms with Gasteiger partial charge in [0.25, 0.3) is 16.1 Å². The number of carbonyl (C=O) groups excluding carboxylic acids is 2. The van der Waals surface area contributed by atoms with Crippen LogP contribution in [0.4, 0.5) is 9.18 Å². The Labute approximate surface area is 224 Å². The van der Waals surface area contributed by atoms with E-state index in [4.69, 9.17) is 25.8 Å². The van der Waals surface area contributed by atoms with Gasteiger partial charge in [0.15, 0.2) is 0 Å². The summed E-state index contributed by atoms with van der Waals surface area (Å²) in [5.74, 6) is 1.78. The molecule has 1 aliphatic heterocycles. The van der Waals surface area contributed by atoms with Crippen LogP contribution in [0.5, 0.6) is 23.0 Å². The van der Waals surface area contributed by atoms with Gasteiger partial charge in [-0.05, 0) is 79.1 Å². The van der Waals surface area contributed by atoms with Crippen molar-refractivity contribution in [1.29, 1.82) is 0 Å². The van der Waals surface area contributed by atoms with Gasteiger partial charge in [-0.2, -0.15) is 0 Å². The predicted molar refractivity (Wildman–Crippen MR) is 143 cm³/mol. The summed E-state index contributed by atoms with van der Waals surface area (Å²) in [5.41, 5.74) is 1.09. The lowest BCUT2D eigenvalue weighted by Gasteiger charge is -2.16. The van der Waals surface area contributed by atoms with Crippen molar-refractivity contribution in [2.24, 2.45) is 0 Å². The number of para-hydroxylation sites is 1. The number of halogens is 2. The molecule has 6 nitrogen and oxygen atoms in total. The van der Waals surface area contributed by atoms with Crippen LogP contribution < -0.4 is 19.5 Å². The first-order valence-corrected chi connectivity index (χ1v) is 13.2. The minimum atomic E-state index is -2.49. The molecule has 0 aliphatic carbocycles. The van der Waals surface area contributed by atoms with Crippen molar-refractivity contribution in [2.45, 2.75) is 37.6 Å². The monoisotopic (exact) mass is 543 g/mol. The summed E-state index contributed by atoms with van der Waals surface area (Å²) in [7, 11) is 0. The molecule has 3 aromatic carbocycles. The van der Waals surface area contributed by atoms with Gasteiger partial charge in [-0.15, -0.1) is 0 Å². The van der Waals surface area contributed by atoms with E-state index in [1.165, 1.54) is 18.2 Å². The molecular weight excluding hydrogens is 517 g/mol. The quantitative estimate of drug-likeness (QED) is 0.239. The van der Waals surface area contributed by atoms with Crippen molar-refractivity contribution in [1.82, 2.24) is 5.32 Å². The zero-order chi connectivity index (χ0) is 26.3. The maximum atomic E-state index is 14.9. The van der Waals surface area contributed by atoms with Gasteiger partial charge >= 0.3 is 0 Å². The molecule has 4 rings (SSSR count). The largest absolute Gasteiger partial charge is 0.493 e. The SMILES string of the molecule is CCCc1cc(Oc2ccccc2)ccc1OCCCCOc1ccc(C2(F)SC(=O)NC2=O)cc1Cl. The topological polar surface area (TPSA) is 73.9 Å². The third-order valence-electron chi connectivity index (χ3n) is 5.63. The van der Waals surface area contributed by atoms with Crippen LogP contribution >= 0.6 is 23.4 Å². The Bertz CT molecular complexity index is 1260. The van der Waals surface area contributed by atoms with Crippen molar-refractivity contribution >= 4 is 34.5 Å². The summed E-state index contributed by atoms with van der Waals surface area (Å²) in [5, 5.41) is -1.11. The smallest absolute Gasteiger partial charge is 0.289 e. The van der Waals surface area contributed by atoms with Crippen molar-refractivity contribution in [3.63, 3.8) is 0 Å². The number of unbranched alkanes of at least 4 members (excludes halogenated alkanes) is 1. The highest BCUT2D eigenvalue weighted by Crippen LogP contribution is 2.44. The van der Waals surface area contributed by atoms with Crippen LogP contribution in [0.2, 0.25) is 5.02 Å². The second-order valence-corrected chi connectivity index (χ2v) is 9.97. The van der Waals surface area contributed by atoms with Gasteiger partial charge in [0.05, 0.1) is 18.2 Å². The fourth-order valence-electron chi connectivity index (χ4n) is 3.80. The number of ether oxygens (including phenoxy) is 3. The Kier molecular flexibility index (Phi) is 8.95. The normalized spacial score (nSPS) is 16.9. The number of nitrogens with one attached hydrogen (secondary N) is 1. The van der Waals surface area contributed by atoms with E-state index in [0.717, 1.165) is 48.5 Å². The molecule has 0 spiro atoms. The van der Waals surface area contributed by atoms with Gasteiger partial charge < -0.3 is 14.2 Å². The predicted octanol–water partition coefficient (Wildman–Crippen LogP) is 7.43. The zero-order valence-corrected chi connectivity index (χ0v) is 21.9. The number of carbonyl (C=O) groups is 2. The molecule has 0 aromatic heterocycles. The molecule has 1 atom stereocenters. The third kappa shape index (κ3) is 6.76. The molecule has 1 unspecified atom stereocenters. The highest BCUT2D eigenvalue weighted by Gasteiger charge is 2.50. The third-order valence-corrected chi connectivity index (χ3v) is 6.91. The maximum absolute atomic E-state index is 14.9. The second kappa shape index (κ2) is 12.3. The van der Waals surface area contributed by atoms with Crippen LogP contribution in [-0.4, -0.2) is 24.4 Å². The fraction of sp³-hybridized carbons (Fsp3) is 0.286. The molecule has 1 N–H and O–H groups in total. The average molecular weight is 544 g/mol. The molecule has 1 saturated heterocycles. The molecule has 0 bridgehead atoms. The number of aryl methyl sites for hydroxylation is 1. The number of rotatable bonds is 12. The maximum Gasteiger partial charge on any atom is 0.289 e. The van der Waals surface area contributed by atoms with Crippen LogP contribution in [-0.2, 0) is 16.2 Å². The van der Waals surface area contributed by atoms with E-state index in [-0.39, 0.29) is 22.3 Å². The first-order valence-electron chi connectivity index (χ1n) is 12.0. The van der Waals surface area contributed by atoms with Crippen molar-refractivity contribution in [2.75, 3.05) is 13.2 Å². The number of alkyl halides is 1. The lowest BCUT2D eigenvalue weighted by atomic mass is 10.1. The zero-order valence-electron chi connectivity index (χ0n) is 20.3. The van der Waals surface area contributed by atoms with E-state index in [2.05, 4.69) is 6.92 Å². The Balaban J connectivity index is 1.24. The molecular formula is C28H27ClFNO5S. The van der Waals surface area contributed by atoms with Crippen molar-refractivity contribution in [3.8, 4) is 23.0 Å².